The number of carbonyl (C=O) groups is 1. The maximum absolute atomic E-state index is 13.3. The molecule has 0 aliphatic carbocycles. The summed E-state index contributed by atoms with van der Waals surface area (Å²) >= 11 is 0. The summed E-state index contributed by atoms with van der Waals surface area (Å²) in [5.74, 6) is -1.01. The third kappa shape index (κ3) is 4.02. The van der Waals surface area contributed by atoms with Crippen LogP contribution in [0.4, 0.5) is 13.2 Å². The molecular weight excluding hydrogens is 355 g/mol. The highest BCUT2D eigenvalue weighted by molar-refractivity contribution is 5.92. The van der Waals surface area contributed by atoms with Gasteiger partial charge in [0.1, 0.15) is 11.3 Å². The monoisotopic (exact) mass is 371 g/mol. The summed E-state index contributed by atoms with van der Waals surface area (Å²) < 4.78 is 50.5. The lowest BCUT2D eigenvalue weighted by Gasteiger charge is -2.18. The van der Waals surface area contributed by atoms with Crippen LogP contribution in [-0.4, -0.2) is 28.9 Å². The summed E-state index contributed by atoms with van der Waals surface area (Å²) in [5, 5.41) is 0. The van der Waals surface area contributed by atoms with Crippen LogP contribution in [-0.2, 0) is 10.9 Å². The molecule has 0 aliphatic rings. The lowest BCUT2D eigenvalue weighted by Crippen LogP contribution is -2.33. The van der Waals surface area contributed by atoms with Crippen LogP contribution in [0.25, 0.3) is 5.69 Å². The predicted octanol–water partition coefficient (Wildman–Crippen LogP) is 2.03. The first-order chi connectivity index (χ1) is 12.2. The van der Waals surface area contributed by atoms with Gasteiger partial charge in [0.15, 0.2) is 6.79 Å². The molecule has 2 N–H and O–H groups in total. The molecule has 0 atom stereocenters. The minimum atomic E-state index is -4.83. The largest absolute Gasteiger partial charge is 0.451 e. The molecule has 2 aromatic rings. The smallest absolute Gasteiger partial charge is 0.431 e. The number of alkyl halides is 3. The van der Waals surface area contributed by atoms with E-state index in [2.05, 4.69) is 4.98 Å². The Morgan fingerprint density at radius 2 is 2.04 bits per heavy atom. The third-order valence-corrected chi connectivity index (χ3v) is 3.43. The number of ether oxygens (including phenoxy) is 2. The minimum Gasteiger partial charge on any atom is -0.451 e. The van der Waals surface area contributed by atoms with Gasteiger partial charge >= 0.3 is 6.18 Å². The van der Waals surface area contributed by atoms with Gasteiger partial charge < -0.3 is 15.2 Å². The summed E-state index contributed by atoms with van der Waals surface area (Å²) in [4.78, 5) is 27.6. The average molecular weight is 371 g/mol. The van der Waals surface area contributed by atoms with Gasteiger partial charge in [-0.3, -0.25) is 14.2 Å². The molecule has 0 saturated heterocycles. The molecule has 2 aromatic heterocycles. The summed E-state index contributed by atoms with van der Waals surface area (Å²) in [6, 6.07) is 2.74. The van der Waals surface area contributed by atoms with Gasteiger partial charge in [0, 0.05) is 12.7 Å². The van der Waals surface area contributed by atoms with Crippen LogP contribution in [0.3, 0.4) is 0 Å². The van der Waals surface area contributed by atoms with E-state index in [1.165, 1.54) is 13.0 Å². The van der Waals surface area contributed by atoms with Gasteiger partial charge in [-0.15, -0.1) is 0 Å². The zero-order valence-corrected chi connectivity index (χ0v) is 14.0. The second-order valence-electron chi connectivity index (χ2n) is 5.20. The number of nitrogens with two attached hydrogens (primary N) is 1. The topological polar surface area (TPSA) is 96.4 Å². The van der Waals surface area contributed by atoms with Crippen molar-refractivity contribution in [3.05, 3.63) is 51.6 Å². The van der Waals surface area contributed by atoms with Crippen LogP contribution in [0.1, 0.15) is 28.5 Å². The molecule has 0 aromatic carbocycles. The van der Waals surface area contributed by atoms with Gasteiger partial charge in [-0.25, -0.2) is 4.98 Å². The van der Waals surface area contributed by atoms with Crippen molar-refractivity contribution in [2.24, 2.45) is 5.73 Å². The number of halogens is 3. The molecule has 26 heavy (non-hydrogen) atoms. The molecule has 2 rings (SSSR count). The molecule has 0 aliphatic heterocycles. The van der Waals surface area contributed by atoms with E-state index >= 15 is 0 Å². The maximum atomic E-state index is 13.3. The Labute approximate surface area is 146 Å². The van der Waals surface area contributed by atoms with Crippen molar-refractivity contribution < 1.29 is 27.4 Å². The highest BCUT2D eigenvalue weighted by Gasteiger charge is 2.36. The fourth-order valence-electron chi connectivity index (χ4n) is 2.21. The molecule has 0 radical (unpaired) electrons. The Bertz CT molecular complexity index is 878. The van der Waals surface area contributed by atoms with Gasteiger partial charge in [-0.05, 0) is 31.5 Å². The van der Waals surface area contributed by atoms with E-state index in [0.717, 1.165) is 12.3 Å². The third-order valence-electron chi connectivity index (χ3n) is 3.43. The van der Waals surface area contributed by atoms with Gasteiger partial charge in [0.05, 0.1) is 11.9 Å². The molecule has 140 valence electrons. The normalized spacial score (nSPS) is 11.4. The van der Waals surface area contributed by atoms with E-state index in [0.29, 0.717) is 17.2 Å². The first kappa shape index (κ1) is 19.4. The van der Waals surface area contributed by atoms with Crippen LogP contribution in [0.15, 0.2) is 29.2 Å². The van der Waals surface area contributed by atoms with Gasteiger partial charge in [0.25, 0.3) is 11.5 Å². The summed E-state index contributed by atoms with van der Waals surface area (Å²) in [6.07, 6.45) is -3.77. The first-order valence-corrected chi connectivity index (χ1v) is 7.47. The number of hydrogen-bond acceptors (Lipinski definition) is 5. The Kier molecular flexibility index (Phi) is 5.66. The van der Waals surface area contributed by atoms with Crippen LogP contribution in [0, 0.1) is 6.92 Å². The lowest BCUT2D eigenvalue weighted by atomic mass is 10.2. The van der Waals surface area contributed by atoms with Crippen LogP contribution >= 0.6 is 0 Å². The van der Waals surface area contributed by atoms with E-state index < -0.39 is 28.9 Å². The van der Waals surface area contributed by atoms with Crippen molar-refractivity contribution in [1.29, 1.82) is 0 Å². The summed E-state index contributed by atoms with van der Waals surface area (Å²) in [7, 11) is 0. The lowest BCUT2D eigenvalue weighted by molar-refractivity contribution is -0.142. The SMILES string of the molecule is CCOCOc1cc(C)c(-n2c(C(F)(F)F)ccc(C(N)=O)c2=O)cn1. The Balaban J connectivity index is 2.61. The van der Waals surface area contributed by atoms with Crippen molar-refractivity contribution in [2.45, 2.75) is 20.0 Å². The van der Waals surface area contributed by atoms with Gasteiger partial charge in [0.2, 0.25) is 5.88 Å². The number of aryl methyl sites for hydroxylation is 1. The molecule has 7 nitrogen and oxygen atoms in total. The van der Waals surface area contributed by atoms with E-state index in [1.807, 2.05) is 0 Å². The average Bonchev–Trinajstić information content (AvgIpc) is 2.54. The molecule has 0 spiro atoms. The van der Waals surface area contributed by atoms with Crippen molar-refractivity contribution in [1.82, 2.24) is 9.55 Å². The fraction of sp³-hybridized carbons (Fsp3) is 0.312. The molecule has 2 heterocycles. The number of pyridine rings is 2. The van der Waals surface area contributed by atoms with Crippen molar-refractivity contribution in [2.75, 3.05) is 13.4 Å². The number of primary amides is 1. The summed E-state index contributed by atoms with van der Waals surface area (Å²) in [6.45, 7) is 3.59. The number of carbonyl (C=O) groups excluding carboxylic acids is 1. The van der Waals surface area contributed by atoms with Gasteiger partial charge in [-0.2, -0.15) is 13.2 Å². The van der Waals surface area contributed by atoms with Crippen molar-refractivity contribution in [3.63, 3.8) is 0 Å². The van der Waals surface area contributed by atoms with E-state index in [-0.39, 0.29) is 23.9 Å². The highest BCUT2D eigenvalue weighted by Crippen LogP contribution is 2.31. The number of nitrogens with zero attached hydrogens (tertiary/aromatic N) is 2. The van der Waals surface area contributed by atoms with E-state index in [9.17, 15) is 22.8 Å². The fourth-order valence-corrected chi connectivity index (χ4v) is 2.21. The highest BCUT2D eigenvalue weighted by atomic mass is 19.4. The second-order valence-corrected chi connectivity index (χ2v) is 5.20. The Morgan fingerprint density at radius 1 is 1.35 bits per heavy atom. The van der Waals surface area contributed by atoms with Crippen LogP contribution in [0.5, 0.6) is 5.88 Å². The zero-order chi connectivity index (χ0) is 19.5. The summed E-state index contributed by atoms with van der Waals surface area (Å²) in [5.41, 5.74) is 2.21. The number of amides is 1. The van der Waals surface area contributed by atoms with Gasteiger partial charge in [-0.1, -0.05) is 0 Å². The first-order valence-electron chi connectivity index (χ1n) is 7.47. The molecule has 0 bridgehead atoms. The molecule has 0 unspecified atom stereocenters. The molecule has 10 heteroatoms. The van der Waals surface area contributed by atoms with Crippen LogP contribution < -0.4 is 16.0 Å². The van der Waals surface area contributed by atoms with Crippen molar-refractivity contribution >= 4 is 5.91 Å². The molecule has 1 amide bonds. The maximum Gasteiger partial charge on any atom is 0.431 e. The zero-order valence-electron chi connectivity index (χ0n) is 14.0. The number of aromatic nitrogens is 2. The molecule has 0 fully saturated rings. The van der Waals surface area contributed by atoms with Crippen LogP contribution in [0.2, 0.25) is 0 Å². The molecule has 0 saturated carbocycles. The van der Waals surface area contributed by atoms with Crippen molar-refractivity contribution in [3.8, 4) is 11.6 Å². The van der Waals surface area contributed by atoms with E-state index in [4.69, 9.17) is 15.2 Å². The quantitative estimate of drug-likeness (QED) is 0.619. The Morgan fingerprint density at radius 3 is 2.58 bits per heavy atom. The number of hydrogen-bond donors (Lipinski definition) is 1. The van der Waals surface area contributed by atoms with E-state index in [1.54, 1.807) is 6.92 Å². The second kappa shape index (κ2) is 7.56. The standard InChI is InChI=1S/C16H16F3N3O4/c1-3-25-8-26-13-6-9(2)11(7-21-13)22-12(16(17,18)19)5-4-10(14(20)23)15(22)24/h4-7H,3,8H2,1-2H3,(H2,20,23). The molecular formula is C16H16F3N3O4. The Hall–Kier alpha value is -2.88. The predicted molar refractivity (Wildman–Crippen MR) is 85.2 cm³/mol. The minimum absolute atomic E-state index is 0.0762. The number of rotatable bonds is 6.